The molecule has 1 N–H and O–H groups in total. The molecular formula is C14H22ClN. The van der Waals surface area contributed by atoms with Crippen molar-refractivity contribution in [2.24, 2.45) is 5.92 Å². The fraction of sp³-hybridized carbons (Fsp3) is 0.571. The van der Waals surface area contributed by atoms with Gasteiger partial charge in [-0.25, -0.2) is 0 Å². The Morgan fingerprint density at radius 2 is 1.88 bits per heavy atom. The zero-order valence-electron chi connectivity index (χ0n) is 10.5. The molecule has 1 aromatic rings. The molecule has 0 fully saturated rings. The topological polar surface area (TPSA) is 12.0 Å². The van der Waals surface area contributed by atoms with Gasteiger partial charge in [0.1, 0.15) is 0 Å². The van der Waals surface area contributed by atoms with Gasteiger partial charge in [0.2, 0.25) is 0 Å². The highest BCUT2D eigenvalue weighted by atomic mass is 35.5. The highest BCUT2D eigenvalue weighted by molar-refractivity contribution is 6.18. The van der Waals surface area contributed by atoms with Crippen LogP contribution in [0.5, 0.6) is 0 Å². The summed E-state index contributed by atoms with van der Waals surface area (Å²) in [5, 5.41) is 3.56. The van der Waals surface area contributed by atoms with E-state index in [1.165, 1.54) is 12.0 Å². The van der Waals surface area contributed by atoms with Crippen molar-refractivity contribution >= 4 is 11.6 Å². The van der Waals surface area contributed by atoms with E-state index in [1.54, 1.807) is 0 Å². The molecule has 1 rings (SSSR count). The van der Waals surface area contributed by atoms with Crippen molar-refractivity contribution in [3.05, 3.63) is 35.9 Å². The second kappa shape index (κ2) is 6.27. The smallest absolute Gasteiger partial charge is 0.0543 e. The average molecular weight is 240 g/mol. The van der Waals surface area contributed by atoms with Gasteiger partial charge in [0.25, 0.3) is 0 Å². The van der Waals surface area contributed by atoms with Crippen LogP contribution in [-0.4, -0.2) is 12.4 Å². The van der Waals surface area contributed by atoms with E-state index in [2.05, 4.69) is 50.4 Å². The van der Waals surface area contributed by atoms with Crippen molar-refractivity contribution < 1.29 is 0 Å². The zero-order chi connectivity index (χ0) is 12.0. The second-order valence-electron chi connectivity index (χ2n) is 4.94. The molecule has 90 valence electrons. The maximum absolute atomic E-state index is 6.10. The lowest BCUT2D eigenvalue weighted by Gasteiger charge is -2.29. The van der Waals surface area contributed by atoms with Crippen molar-refractivity contribution in [2.75, 3.05) is 12.4 Å². The van der Waals surface area contributed by atoms with Gasteiger partial charge in [-0.2, -0.15) is 0 Å². The van der Waals surface area contributed by atoms with Crippen LogP contribution in [0.3, 0.4) is 0 Å². The molecule has 0 amide bonds. The molecule has 0 heterocycles. The number of hydrogen-bond acceptors (Lipinski definition) is 1. The van der Waals surface area contributed by atoms with E-state index in [-0.39, 0.29) is 5.54 Å². The summed E-state index contributed by atoms with van der Waals surface area (Å²) in [5.74, 6) is 1.32. The minimum absolute atomic E-state index is 0.113. The van der Waals surface area contributed by atoms with E-state index >= 15 is 0 Å². The predicted octanol–water partition coefficient (Wildman–Crippen LogP) is 3.78. The largest absolute Gasteiger partial charge is 0.307 e. The fourth-order valence-electron chi connectivity index (χ4n) is 1.67. The molecule has 16 heavy (non-hydrogen) atoms. The molecule has 0 aliphatic carbocycles. The van der Waals surface area contributed by atoms with Gasteiger partial charge in [0.05, 0.1) is 5.54 Å². The van der Waals surface area contributed by atoms with Crippen molar-refractivity contribution in [1.29, 1.82) is 0 Å². The Bertz CT molecular complexity index is 297. The summed E-state index contributed by atoms with van der Waals surface area (Å²) in [6, 6.07) is 10.4. The molecule has 0 aliphatic heterocycles. The minimum Gasteiger partial charge on any atom is -0.307 e. The van der Waals surface area contributed by atoms with E-state index in [1.807, 2.05) is 6.07 Å². The Hall–Kier alpha value is -0.530. The first kappa shape index (κ1) is 13.5. The summed E-state index contributed by atoms with van der Waals surface area (Å²) in [5.41, 5.74) is 1.14. The molecule has 2 heteroatoms. The number of alkyl halides is 1. The van der Waals surface area contributed by atoms with Crippen LogP contribution in [0.1, 0.15) is 32.8 Å². The van der Waals surface area contributed by atoms with Gasteiger partial charge in [-0.15, -0.1) is 11.6 Å². The normalized spacial score (nSPS) is 15.1. The van der Waals surface area contributed by atoms with Gasteiger partial charge in [-0.1, -0.05) is 44.2 Å². The quantitative estimate of drug-likeness (QED) is 0.746. The molecule has 0 aliphatic rings. The van der Waals surface area contributed by atoms with Gasteiger partial charge in [-0.05, 0) is 31.4 Å². The second-order valence-corrected chi connectivity index (χ2v) is 5.21. The lowest BCUT2D eigenvalue weighted by atomic mass is 9.93. The summed E-state index contributed by atoms with van der Waals surface area (Å²) in [6.45, 7) is 7.65. The SMILES string of the molecule is CC(C)CCNC(C)(CCl)c1ccccc1. The monoisotopic (exact) mass is 239 g/mol. The molecule has 0 saturated heterocycles. The van der Waals surface area contributed by atoms with Crippen LogP contribution in [0.2, 0.25) is 0 Å². The van der Waals surface area contributed by atoms with E-state index in [0.717, 1.165) is 12.5 Å². The molecule has 1 unspecified atom stereocenters. The first-order valence-corrected chi connectivity index (χ1v) is 6.48. The molecule has 0 aromatic heterocycles. The van der Waals surface area contributed by atoms with Crippen molar-refractivity contribution in [1.82, 2.24) is 5.32 Å². The number of benzene rings is 1. The van der Waals surface area contributed by atoms with Gasteiger partial charge in [-0.3, -0.25) is 0 Å². The van der Waals surface area contributed by atoms with E-state index < -0.39 is 0 Å². The van der Waals surface area contributed by atoms with Crippen LogP contribution in [0.4, 0.5) is 0 Å². The highest BCUT2D eigenvalue weighted by Gasteiger charge is 2.24. The van der Waals surface area contributed by atoms with Crippen LogP contribution in [0, 0.1) is 5.92 Å². The maximum Gasteiger partial charge on any atom is 0.0543 e. The Morgan fingerprint density at radius 1 is 1.25 bits per heavy atom. The Labute approximate surface area is 104 Å². The van der Waals surface area contributed by atoms with Gasteiger partial charge >= 0.3 is 0 Å². The average Bonchev–Trinajstić information content (AvgIpc) is 2.29. The minimum atomic E-state index is -0.113. The van der Waals surface area contributed by atoms with Crippen molar-refractivity contribution in [2.45, 2.75) is 32.7 Å². The molecule has 1 nitrogen and oxygen atoms in total. The third kappa shape index (κ3) is 3.80. The molecule has 0 spiro atoms. The van der Waals surface area contributed by atoms with Gasteiger partial charge in [0.15, 0.2) is 0 Å². The zero-order valence-corrected chi connectivity index (χ0v) is 11.2. The number of hydrogen-bond donors (Lipinski definition) is 1. The Morgan fingerprint density at radius 3 is 2.38 bits per heavy atom. The third-order valence-corrected chi connectivity index (χ3v) is 3.45. The Balaban J connectivity index is 2.63. The lowest BCUT2D eigenvalue weighted by molar-refractivity contribution is 0.388. The predicted molar refractivity (Wildman–Crippen MR) is 72.0 cm³/mol. The maximum atomic E-state index is 6.10. The van der Waals surface area contributed by atoms with Crippen molar-refractivity contribution in [3.63, 3.8) is 0 Å². The first-order valence-electron chi connectivity index (χ1n) is 5.95. The van der Waals surface area contributed by atoms with Crippen LogP contribution in [-0.2, 0) is 5.54 Å². The third-order valence-electron chi connectivity index (χ3n) is 2.92. The van der Waals surface area contributed by atoms with Gasteiger partial charge in [0, 0.05) is 5.88 Å². The van der Waals surface area contributed by atoms with Crippen LogP contribution in [0.15, 0.2) is 30.3 Å². The molecule has 1 atom stereocenters. The summed E-state index contributed by atoms with van der Waals surface area (Å²) in [6.07, 6.45) is 1.18. The Kier molecular flexibility index (Phi) is 5.30. The number of rotatable bonds is 6. The molecule has 0 bridgehead atoms. The number of nitrogens with one attached hydrogen (secondary N) is 1. The first-order chi connectivity index (χ1) is 7.58. The summed E-state index contributed by atoms with van der Waals surface area (Å²) in [7, 11) is 0. The standard InChI is InChI=1S/C14H22ClN/c1-12(2)9-10-16-14(3,11-15)13-7-5-4-6-8-13/h4-8,12,16H,9-11H2,1-3H3. The van der Waals surface area contributed by atoms with E-state index in [0.29, 0.717) is 5.88 Å². The fourth-order valence-corrected chi connectivity index (χ4v) is 1.92. The molecule has 0 saturated carbocycles. The highest BCUT2D eigenvalue weighted by Crippen LogP contribution is 2.22. The van der Waals surface area contributed by atoms with Gasteiger partial charge < -0.3 is 5.32 Å². The molecule has 0 radical (unpaired) electrons. The van der Waals surface area contributed by atoms with Crippen LogP contribution >= 0.6 is 11.6 Å². The molecular weight excluding hydrogens is 218 g/mol. The lowest BCUT2D eigenvalue weighted by Crippen LogP contribution is -2.42. The van der Waals surface area contributed by atoms with E-state index in [9.17, 15) is 0 Å². The summed E-state index contributed by atoms with van der Waals surface area (Å²) in [4.78, 5) is 0. The summed E-state index contributed by atoms with van der Waals surface area (Å²) >= 11 is 6.10. The molecule has 1 aromatic carbocycles. The van der Waals surface area contributed by atoms with Crippen LogP contribution in [0.25, 0.3) is 0 Å². The van der Waals surface area contributed by atoms with Crippen LogP contribution < -0.4 is 5.32 Å². The summed E-state index contributed by atoms with van der Waals surface area (Å²) < 4.78 is 0. The van der Waals surface area contributed by atoms with E-state index in [4.69, 9.17) is 11.6 Å². The van der Waals surface area contributed by atoms with Crippen molar-refractivity contribution in [3.8, 4) is 0 Å². The number of halogens is 1.